The van der Waals surface area contributed by atoms with Gasteiger partial charge in [-0.25, -0.2) is 9.48 Å². The number of aryl methyl sites for hydroxylation is 1. The molecule has 0 N–H and O–H groups in total. The Balaban J connectivity index is 2.01. The summed E-state index contributed by atoms with van der Waals surface area (Å²) in [5, 5.41) is 5.09. The molecule has 1 atom stereocenters. The monoisotopic (exact) mass is 328 g/mol. The number of Topliss-reactive ketones (excluding diaryl/α,β-unsaturated/α-hetero) is 1. The van der Waals surface area contributed by atoms with Crippen LogP contribution in [0.1, 0.15) is 49.5 Å². The molecule has 1 aliphatic carbocycles. The van der Waals surface area contributed by atoms with Gasteiger partial charge in [-0.1, -0.05) is 25.1 Å². The molecule has 1 aliphatic rings. The maximum atomic E-state index is 12.6. The summed E-state index contributed by atoms with van der Waals surface area (Å²) in [5.74, 6) is -0.683. The van der Waals surface area contributed by atoms with E-state index in [9.17, 15) is 14.4 Å². The Morgan fingerprint density at radius 3 is 2.71 bits per heavy atom. The quantitative estimate of drug-likeness (QED) is 0.806. The third-order valence-electron chi connectivity index (χ3n) is 4.24. The zero-order valence-electron chi connectivity index (χ0n) is 13.7. The van der Waals surface area contributed by atoms with Crippen LogP contribution in [0.15, 0.2) is 29.1 Å². The normalized spacial score (nSPS) is 17.9. The van der Waals surface area contributed by atoms with Crippen LogP contribution in [0.3, 0.4) is 0 Å². The SMILES string of the molecule is CCCn1nc(C(=O)OC2CCCCC2=O)c2ccccc2c1=O. The number of fused-ring (bicyclic) bond motifs is 1. The van der Waals surface area contributed by atoms with Crippen molar-refractivity contribution in [3.63, 3.8) is 0 Å². The van der Waals surface area contributed by atoms with E-state index in [4.69, 9.17) is 4.74 Å². The lowest BCUT2D eigenvalue weighted by Crippen LogP contribution is -2.32. The molecule has 3 rings (SSSR count). The van der Waals surface area contributed by atoms with E-state index in [1.807, 2.05) is 6.92 Å². The van der Waals surface area contributed by atoms with Crippen molar-refractivity contribution >= 4 is 22.5 Å². The first kappa shape index (κ1) is 16.4. The molecule has 1 aromatic heterocycles. The van der Waals surface area contributed by atoms with Crippen LogP contribution >= 0.6 is 0 Å². The van der Waals surface area contributed by atoms with Crippen molar-refractivity contribution in [3.8, 4) is 0 Å². The molecule has 24 heavy (non-hydrogen) atoms. The molecular formula is C18H20N2O4. The molecule has 2 aromatic rings. The molecule has 6 heteroatoms. The fourth-order valence-electron chi connectivity index (χ4n) is 3.01. The predicted molar refractivity (Wildman–Crippen MR) is 89.0 cm³/mol. The third kappa shape index (κ3) is 3.09. The topological polar surface area (TPSA) is 78.3 Å². The van der Waals surface area contributed by atoms with E-state index in [0.29, 0.717) is 30.2 Å². The number of nitrogens with zero attached hydrogens (tertiary/aromatic N) is 2. The highest BCUT2D eigenvalue weighted by atomic mass is 16.5. The molecule has 1 aromatic carbocycles. The van der Waals surface area contributed by atoms with E-state index < -0.39 is 12.1 Å². The van der Waals surface area contributed by atoms with Gasteiger partial charge < -0.3 is 4.74 Å². The lowest BCUT2D eigenvalue weighted by atomic mass is 9.96. The van der Waals surface area contributed by atoms with E-state index in [-0.39, 0.29) is 17.0 Å². The number of carbonyl (C=O) groups excluding carboxylic acids is 2. The average Bonchev–Trinajstić information content (AvgIpc) is 2.59. The maximum absolute atomic E-state index is 12.6. The Morgan fingerprint density at radius 1 is 1.25 bits per heavy atom. The minimum Gasteiger partial charge on any atom is -0.450 e. The zero-order chi connectivity index (χ0) is 17.1. The van der Waals surface area contributed by atoms with Crippen molar-refractivity contribution in [2.75, 3.05) is 0 Å². The summed E-state index contributed by atoms with van der Waals surface area (Å²) >= 11 is 0. The van der Waals surface area contributed by atoms with Gasteiger partial charge in [-0.15, -0.1) is 0 Å². The van der Waals surface area contributed by atoms with Crippen molar-refractivity contribution in [2.45, 2.75) is 51.7 Å². The van der Waals surface area contributed by atoms with Crippen LogP contribution in [-0.4, -0.2) is 27.6 Å². The number of ketones is 1. The number of esters is 1. The van der Waals surface area contributed by atoms with Crippen molar-refractivity contribution < 1.29 is 14.3 Å². The zero-order valence-corrected chi connectivity index (χ0v) is 13.7. The molecule has 0 amide bonds. The Kier molecular flexibility index (Phi) is 4.74. The molecule has 0 saturated heterocycles. The van der Waals surface area contributed by atoms with Crippen molar-refractivity contribution in [3.05, 3.63) is 40.3 Å². The fraction of sp³-hybridized carbons (Fsp3) is 0.444. The molecule has 0 bridgehead atoms. The van der Waals surface area contributed by atoms with Gasteiger partial charge >= 0.3 is 5.97 Å². The molecule has 1 heterocycles. The summed E-state index contributed by atoms with van der Waals surface area (Å²) in [7, 11) is 0. The van der Waals surface area contributed by atoms with Crippen LogP contribution in [0, 0.1) is 0 Å². The molecule has 126 valence electrons. The highest BCUT2D eigenvalue weighted by molar-refractivity contribution is 6.03. The first-order chi connectivity index (χ1) is 11.6. The number of hydrogen-bond donors (Lipinski definition) is 0. The Bertz CT molecular complexity index is 841. The Labute approximate surface area is 139 Å². The van der Waals surface area contributed by atoms with Crippen LogP contribution in [0.2, 0.25) is 0 Å². The summed E-state index contributed by atoms with van der Waals surface area (Å²) in [6.07, 6.45) is 2.74. The highest BCUT2D eigenvalue weighted by Crippen LogP contribution is 2.20. The molecule has 0 spiro atoms. The second kappa shape index (κ2) is 6.95. The van der Waals surface area contributed by atoms with E-state index in [0.717, 1.165) is 19.3 Å². The van der Waals surface area contributed by atoms with Gasteiger partial charge in [0, 0.05) is 18.4 Å². The predicted octanol–water partition coefficient (Wildman–Crippen LogP) is 2.48. The lowest BCUT2D eigenvalue weighted by molar-refractivity contribution is -0.129. The van der Waals surface area contributed by atoms with Gasteiger partial charge in [-0.05, 0) is 31.7 Å². The van der Waals surface area contributed by atoms with Crippen LogP contribution in [-0.2, 0) is 16.1 Å². The van der Waals surface area contributed by atoms with Crippen LogP contribution in [0.4, 0.5) is 0 Å². The third-order valence-corrected chi connectivity index (χ3v) is 4.24. The van der Waals surface area contributed by atoms with Gasteiger partial charge in [0.2, 0.25) is 0 Å². The van der Waals surface area contributed by atoms with Crippen molar-refractivity contribution in [1.29, 1.82) is 0 Å². The maximum Gasteiger partial charge on any atom is 0.360 e. The van der Waals surface area contributed by atoms with Gasteiger partial charge in [-0.2, -0.15) is 5.10 Å². The van der Waals surface area contributed by atoms with E-state index >= 15 is 0 Å². The minimum atomic E-state index is -0.696. The second-order valence-corrected chi connectivity index (χ2v) is 6.03. The van der Waals surface area contributed by atoms with Gasteiger partial charge in [0.15, 0.2) is 17.6 Å². The van der Waals surface area contributed by atoms with Crippen molar-refractivity contribution in [2.24, 2.45) is 0 Å². The summed E-state index contributed by atoms with van der Waals surface area (Å²) in [4.78, 5) is 36.9. The minimum absolute atomic E-state index is 0.0409. The first-order valence-electron chi connectivity index (χ1n) is 8.35. The van der Waals surface area contributed by atoms with Crippen LogP contribution in [0.25, 0.3) is 10.8 Å². The van der Waals surface area contributed by atoms with E-state index in [1.54, 1.807) is 24.3 Å². The van der Waals surface area contributed by atoms with E-state index in [1.165, 1.54) is 4.68 Å². The fourth-order valence-corrected chi connectivity index (χ4v) is 3.01. The van der Waals surface area contributed by atoms with Crippen LogP contribution < -0.4 is 5.56 Å². The van der Waals surface area contributed by atoms with E-state index in [2.05, 4.69) is 5.10 Å². The van der Waals surface area contributed by atoms with Crippen LogP contribution in [0.5, 0.6) is 0 Å². The first-order valence-corrected chi connectivity index (χ1v) is 8.35. The average molecular weight is 328 g/mol. The lowest BCUT2D eigenvalue weighted by Gasteiger charge is -2.20. The van der Waals surface area contributed by atoms with Gasteiger partial charge in [0.05, 0.1) is 5.39 Å². The molecule has 1 unspecified atom stereocenters. The highest BCUT2D eigenvalue weighted by Gasteiger charge is 2.28. The largest absolute Gasteiger partial charge is 0.450 e. The van der Waals surface area contributed by atoms with Gasteiger partial charge in [0.25, 0.3) is 5.56 Å². The summed E-state index contributed by atoms with van der Waals surface area (Å²) in [6, 6.07) is 6.85. The number of rotatable bonds is 4. The standard InChI is InChI=1S/C18H20N2O4/c1-2-11-20-17(22)13-8-4-3-7-12(13)16(19-20)18(23)24-15-10-6-5-9-14(15)21/h3-4,7-8,15H,2,5-6,9-11H2,1H3. The van der Waals surface area contributed by atoms with Gasteiger partial charge in [0.1, 0.15) is 0 Å². The smallest absolute Gasteiger partial charge is 0.360 e. The Hall–Kier alpha value is -2.50. The number of hydrogen-bond acceptors (Lipinski definition) is 5. The molecule has 0 aliphatic heterocycles. The molecule has 1 fully saturated rings. The Morgan fingerprint density at radius 2 is 2.00 bits per heavy atom. The number of ether oxygens (including phenoxy) is 1. The molecular weight excluding hydrogens is 308 g/mol. The summed E-state index contributed by atoms with van der Waals surface area (Å²) in [6.45, 7) is 2.36. The summed E-state index contributed by atoms with van der Waals surface area (Å²) in [5.41, 5.74) is -0.130. The number of aromatic nitrogens is 2. The number of carbonyl (C=O) groups is 2. The number of benzene rings is 1. The second-order valence-electron chi connectivity index (χ2n) is 6.03. The molecule has 1 saturated carbocycles. The molecule has 6 nitrogen and oxygen atoms in total. The van der Waals surface area contributed by atoms with Crippen molar-refractivity contribution in [1.82, 2.24) is 9.78 Å². The summed E-state index contributed by atoms with van der Waals surface area (Å²) < 4.78 is 6.70. The van der Waals surface area contributed by atoms with Gasteiger partial charge in [-0.3, -0.25) is 9.59 Å². The molecule has 0 radical (unpaired) electrons.